The van der Waals surface area contributed by atoms with Crippen molar-refractivity contribution in [2.75, 3.05) is 18.9 Å². The second-order valence-electron chi connectivity index (χ2n) is 8.65. The maximum Gasteiger partial charge on any atom is 0.424 e. The van der Waals surface area contributed by atoms with Crippen LogP contribution in [0.5, 0.6) is 0 Å². The molecule has 0 aliphatic carbocycles. The zero-order chi connectivity index (χ0) is 24.6. The lowest BCUT2D eigenvalue weighted by molar-refractivity contribution is -0.319. The number of nitrogens with one attached hydrogen (secondary N) is 1. The van der Waals surface area contributed by atoms with Gasteiger partial charge in [-0.25, -0.2) is 9.97 Å². The van der Waals surface area contributed by atoms with Gasteiger partial charge in [0, 0.05) is 24.8 Å². The van der Waals surface area contributed by atoms with Crippen LogP contribution in [0, 0.1) is 6.92 Å². The number of carbonyl (C=O) groups is 1. The standard InChI is InChI=1S/C22H27F3N4O4/c1-12-4-5-13(21(32,20(2,3)31)22(23,24)25)10-15(12)16-11-27-18(26)17(29-16)19(30)28-14-6-8-33-9-7-14/h4-5,10-11,14,31-32H,6-9H2,1-3H3,(H2,26,27)(H,28,30). The summed E-state index contributed by atoms with van der Waals surface area (Å²) in [5.41, 5.74) is -0.155. The lowest BCUT2D eigenvalue weighted by atomic mass is 9.78. The summed E-state index contributed by atoms with van der Waals surface area (Å²) in [7, 11) is 0. The zero-order valence-electron chi connectivity index (χ0n) is 18.5. The monoisotopic (exact) mass is 468 g/mol. The fourth-order valence-electron chi connectivity index (χ4n) is 3.78. The van der Waals surface area contributed by atoms with Gasteiger partial charge in [0.25, 0.3) is 5.91 Å². The normalized spacial score (nSPS) is 17.5. The minimum Gasteiger partial charge on any atom is -0.387 e. The molecule has 33 heavy (non-hydrogen) atoms. The number of hydrogen-bond donors (Lipinski definition) is 4. The highest BCUT2D eigenvalue weighted by Crippen LogP contribution is 2.47. The van der Waals surface area contributed by atoms with Crippen molar-refractivity contribution in [1.29, 1.82) is 0 Å². The molecular formula is C22H27F3N4O4. The Labute approximate surface area is 189 Å². The molecule has 0 spiro atoms. The number of aryl methyl sites for hydroxylation is 1. The molecule has 1 aromatic carbocycles. The van der Waals surface area contributed by atoms with E-state index in [-0.39, 0.29) is 28.8 Å². The van der Waals surface area contributed by atoms with Gasteiger partial charge in [0.05, 0.1) is 11.9 Å². The molecule has 5 N–H and O–H groups in total. The van der Waals surface area contributed by atoms with Gasteiger partial charge < -0.3 is 26.0 Å². The van der Waals surface area contributed by atoms with Gasteiger partial charge in [-0.05, 0) is 50.8 Å². The largest absolute Gasteiger partial charge is 0.424 e. The molecule has 1 saturated heterocycles. The van der Waals surface area contributed by atoms with Gasteiger partial charge in [0.1, 0.15) is 5.60 Å². The first-order chi connectivity index (χ1) is 15.3. The minimum absolute atomic E-state index is 0.0981. The van der Waals surface area contributed by atoms with E-state index in [9.17, 15) is 28.2 Å². The molecule has 8 nitrogen and oxygen atoms in total. The maximum atomic E-state index is 13.8. The van der Waals surface area contributed by atoms with E-state index in [4.69, 9.17) is 10.5 Å². The number of nitrogens with zero attached hydrogens (tertiary/aromatic N) is 2. The Morgan fingerprint density at radius 2 is 1.85 bits per heavy atom. The summed E-state index contributed by atoms with van der Waals surface area (Å²) >= 11 is 0. The average Bonchev–Trinajstić information content (AvgIpc) is 2.73. The highest BCUT2D eigenvalue weighted by molar-refractivity contribution is 5.97. The van der Waals surface area contributed by atoms with Gasteiger partial charge in [0.2, 0.25) is 5.60 Å². The molecule has 2 heterocycles. The highest BCUT2D eigenvalue weighted by Gasteiger charge is 2.63. The second kappa shape index (κ2) is 8.88. The van der Waals surface area contributed by atoms with Gasteiger partial charge in [-0.3, -0.25) is 4.79 Å². The Bertz CT molecular complexity index is 1020. The molecule has 3 rings (SSSR count). The van der Waals surface area contributed by atoms with Crippen LogP contribution in [-0.2, 0) is 10.3 Å². The van der Waals surface area contributed by atoms with Crippen molar-refractivity contribution in [3.8, 4) is 11.3 Å². The van der Waals surface area contributed by atoms with E-state index in [2.05, 4.69) is 15.3 Å². The maximum absolute atomic E-state index is 13.8. The number of benzene rings is 1. The number of hydrogen-bond acceptors (Lipinski definition) is 7. The molecule has 1 aliphatic rings. The molecule has 1 aromatic heterocycles. The number of nitrogens with two attached hydrogens (primary N) is 1. The van der Waals surface area contributed by atoms with E-state index in [0.29, 0.717) is 31.6 Å². The third-order valence-corrected chi connectivity index (χ3v) is 5.80. The van der Waals surface area contributed by atoms with Crippen LogP contribution < -0.4 is 11.1 Å². The highest BCUT2D eigenvalue weighted by atomic mass is 19.4. The van der Waals surface area contributed by atoms with Gasteiger partial charge >= 0.3 is 6.18 Å². The summed E-state index contributed by atoms with van der Waals surface area (Å²) in [6, 6.07) is 3.43. The fraction of sp³-hybridized carbons (Fsp3) is 0.500. The molecule has 1 fully saturated rings. The van der Waals surface area contributed by atoms with Crippen molar-refractivity contribution in [2.24, 2.45) is 0 Å². The molecule has 1 unspecified atom stereocenters. The molecule has 11 heteroatoms. The number of alkyl halides is 3. The van der Waals surface area contributed by atoms with E-state index in [1.807, 2.05) is 0 Å². The van der Waals surface area contributed by atoms with E-state index in [1.54, 1.807) is 6.92 Å². The van der Waals surface area contributed by atoms with E-state index < -0.39 is 28.8 Å². The number of carbonyl (C=O) groups excluding carboxylic acids is 1. The smallest absolute Gasteiger partial charge is 0.387 e. The molecule has 180 valence electrons. The number of anilines is 1. The summed E-state index contributed by atoms with van der Waals surface area (Å²) in [5, 5.41) is 23.6. The van der Waals surface area contributed by atoms with Crippen LogP contribution in [0.1, 0.15) is 48.3 Å². The van der Waals surface area contributed by atoms with Gasteiger partial charge in [-0.1, -0.05) is 12.1 Å². The Morgan fingerprint density at radius 1 is 1.21 bits per heavy atom. The van der Waals surface area contributed by atoms with Gasteiger partial charge in [-0.15, -0.1) is 0 Å². The van der Waals surface area contributed by atoms with Gasteiger partial charge in [-0.2, -0.15) is 13.2 Å². The van der Waals surface area contributed by atoms with Crippen LogP contribution >= 0.6 is 0 Å². The summed E-state index contributed by atoms with van der Waals surface area (Å²) < 4.78 is 46.8. The summed E-state index contributed by atoms with van der Waals surface area (Å²) in [6.45, 7) is 4.42. The minimum atomic E-state index is -5.17. The number of ether oxygens (including phenoxy) is 1. The van der Waals surface area contributed by atoms with Crippen LogP contribution in [0.3, 0.4) is 0 Å². The number of aliphatic hydroxyl groups is 2. The fourth-order valence-corrected chi connectivity index (χ4v) is 3.78. The third kappa shape index (κ3) is 4.80. The molecule has 0 radical (unpaired) electrons. The third-order valence-electron chi connectivity index (χ3n) is 5.80. The lowest BCUT2D eigenvalue weighted by Gasteiger charge is -2.40. The first kappa shape index (κ1) is 24.9. The molecular weight excluding hydrogens is 441 g/mol. The van der Waals surface area contributed by atoms with Crippen molar-refractivity contribution >= 4 is 11.7 Å². The number of amides is 1. The summed E-state index contributed by atoms with van der Waals surface area (Å²) in [4.78, 5) is 21.0. The number of nitrogen functional groups attached to an aromatic ring is 1. The molecule has 2 aromatic rings. The van der Waals surface area contributed by atoms with E-state index >= 15 is 0 Å². The number of aromatic nitrogens is 2. The first-order valence-electron chi connectivity index (χ1n) is 10.4. The predicted molar refractivity (Wildman–Crippen MR) is 114 cm³/mol. The zero-order valence-corrected chi connectivity index (χ0v) is 18.5. The molecule has 1 aliphatic heterocycles. The van der Waals surface area contributed by atoms with Crippen LogP contribution in [0.15, 0.2) is 24.4 Å². The average molecular weight is 468 g/mol. The molecule has 0 bridgehead atoms. The van der Waals surface area contributed by atoms with E-state index in [0.717, 1.165) is 26.0 Å². The first-order valence-corrected chi connectivity index (χ1v) is 10.4. The summed E-state index contributed by atoms with van der Waals surface area (Å²) in [5.74, 6) is -0.675. The van der Waals surface area contributed by atoms with Crippen LogP contribution in [0.2, 0.25) is 0 Å². The van der Waals surface area contributed by atoms with E-state index in [1.165, 1.54) is 12.3 Å². The van der Waals surface area contributed by atoms with Crippen LogP contribution in [0.4, 0.5) is 19.0 Å². The van der Waals surface area contributed by atoms with Crippen LogP contribution in [-0.4, -0.2) is 57.1 Å². The predicted octanol–water partition coefficient (Wildman–Crippen LogP) is 2.46. The Kier molecular flexibility index (Phi) is 6.69. The molecule has 1 atom stereocenters. The molecule has 1 amide bonds. The van der Waals surface area contributed by atoms with Crippen molar-refractivity contribution in [3.63, 3.8) is 0 Å². The lowest BCUT2D eigenvalue weighted by Crippen LogP contribution is -2.57. The molecule has 0 saturated carbocycles. The van der Waals surface area contributed by atoms with Crippen molar-refractivity contribution in [2.45, 2.75) is 57.0 Å². The number of rotatable bonds is 5. The van der Waals surface area contributed by atoms with Crippen LogP contribution in [0.25, 0.3) is 11.3 Å². The topological polar surface area (TPSA) is 131 Å². The quantitative estimate of drug-likeness (QED) is 0.530. The SMILES string of the molecule is Cc1ccc(C(O)(C(C)(C)O)C(F)(F)F)cc1-c1cnc(N)c(C(=O)NC2CCOCC2)n1. The Hall–Kier alpha value is -2.76. The van der Waals surface area contributed by atoms with Crippen molar-refractivity contribution in [1.82, 2.24) is 15.3 Å². The van der Waals surface area contributed by atoms with Gasteiger partial charge in [0.15, 0.2) is 11.5 Å². The number of halogens is 3. The Morgan fingerprint density at radius 3 is 2.42 bits per heavy atom. The summed E-state index contributed by atoms with van der Waals surface area (Å²) in [6.07, 6.45) is -2.66. The van der Waals surface area contributed by atoms with Crippen molar-refractivity contribution in [3.05, 3.63) is 41.2 Å². The van der Waals surface area contributed by atoms with Crippen molar-refractivity contribution < 1.29 is 32.9 Å². The Balaban J connectivity index is 2.03. The second-order valence-corrected chi connectivity index (χ2v) is 8.65.